The molecule has 0 saturated carbocycles. The van der Waals surface area contributed by atoms with Gasteiger partial charge in [-0.2, -0.15) is 0 Å². The molecule has 2 saturated heterocycles. The number of aliphatic hydroxyl groups excluding tert-OH is 1. The number of piperidine rings is 1. The lowest BCUT2D eigenvalue weighted by molar-refractivity contribution is -0.148. The Bertz CT molecular complexity index is 268. The van der Waals surface area contributed by atoms with Crippen LogP contribution in [0.15, 0.2) is 0 Å². The van der Waals surface area contributed by atoms with Crippen LogP contribution < -0.4 is 0 Å². The minimum atomic E-state index is -0.137. The van der Waals surface area contributed by atoms with Crippen molar-refractivity contribution in [1.29, 1.82) is 0 Å². The molecule has 0 spiro atoms. The molecule has 3 atom stereocenters. The summed E-state index contributed by atoms with van der Waals surface area (Å²) in [5.41, 5.74) is 0. The molecule has 0 unspecified atom stereocenters. The van der Waals surface area contributed by atoms with E-state index in [9.17, 15) is 9.90 Å². The predicted molar refractivity (Wildman–Crippen MR) is 64.6 cm³/mol. The van der Waals surface area contributed by atoms with Crippen LogP contribution in [0, 0.1) is 5.92 Å². The highest BCUT2D eigenvalue weighted by molar-refractivity contribution is 5.72. The van der Waals surface area contributed by atoms with E-state index in [2.05, 4.69) is 4.90 Å². The van der Waals surface area contributed by atoms with Crippen molar-refractivity contribution < 1.29 is 14.6 Å². The first-order valence-electron chi connectivity index (χ1n) is 6.72. The number of rotatable bonds is 4. The lowest BCUT2D eigenvalue weighted by Gasteiger charge is -2.38. The Labute approximate surface area is 103 Å². The van der Waals surface area contributed by atoms with Crippen molar-refractivity contribution in [1.82, 2.24) is 4.90 Å². The van der Waals surface area contributed by atoms with Gasteiger partial charge in [0.25, 0.3) is 0 Å². The summed E-state index contributed by atoms with van der Waals surface area (Å²) >= 11 is 0. The van der Waals surface area contributed by atoms with Gasteiger partial charge in [0.1, 0.15) is 0 Å². The molecule has 2 aliphatic heterocycles. The maximum Gasteiger partial charge on any atom is 0.309 e. The fraction of sp³-hybridized carbons (Fsp3) is 0.923. The molecule has 2 fully saturated rings. The number of hydrogen-bond donors (Lipinski definition) is 1. The van der Waals surface area contributed by atoms with E-state index in [1.165, 1.54) is 0 Å². The zero-order chi connectivity index (χ0) is 12.4. The predicted octanol–water partition coefficient (Wildman–Crippen LogP) is 1.17. The molecule has 4 heteroatoms. The van der Waals surface area contributed by atoms with Gasteiger partial charge in [-0.1, -0.05) is 6.92 Å². The monoisotopic (exact) mass is 241 g/mol. The van der Waals surface area contributed by atoms with E-state index in [0.29, 0.717) is 18.7 Å². The molecule has 2 aliphatic rings. The van der Waals surface area contributed by atoms with Crippen molar-refractivity contribution in [3.8, 4) is 0 Å². The van der Waals surface area contributed by atoms with Gasteiger partial charge in [-0.3, -0.25) is 9.69 Å². The highest BCUT2D eigenvalue weighted by Crippen LogP contribution is 2.36. The molecule has 0 amide bonds. The second kappa shape index (κ2) is 5.36. The van der Waals surface area contributed by atoms with Crippen molar-refractivity contribution in [2.45, 2.75) is 57.7 Å². The molecule has 17 heavy (non-hydrogen) atoms. The van der Waals surface area contributed by atoms with Crippen molar-refractivity contribution in [3.63, 3.8) is 0 Å². The first-order chi connectivity index (χ1) is 8.11. The quantitative estimate of drug-likeness (QED) is 0.751. The van der Waals surface area contributed by atoms with Crippen LogP contribution in [0.25, 0.3) is 0 Å². The van der Waals surface area contributed by atoms with Crippen molar-refractivity contribution >= 4 is 5.97 Å². The minimum Gasteiger partial charge on any atom is -0.466 e. The smallest absolute Gasteiger partial charge is 0.309 e. The van der Waals surface area contributed by atoms with Crippen LogP contribution in [0.2, 0.25) is 0 Å². The largest absolute Gasteiger partial charge is 0.466 e. The van der Waals surface area contributed by atoms with Gasteiger partial charge in [-0.25, -0.2) is 0 Å². The molecule has 98 valence electrons. The zero-order valence-corrected chi connectivity index (χ0v) is 10.8. The summed E-state index contributed by atoms with van der Waals surface area (Å²) < 4.78 is 5.04. The number of esters is 1. The highest BCUT2D eigenvalue weighted by Gasteiger charge is 2.41. The van der Waals surface area contributed by atoms with Crippen molar-refractivity contribution in [2.75, 3.05) is 13.2 Å². The Balaban J connectivity index is 1.89. The van der Waals surface area contributed by atoms with Crippen LogP contribution in [0.4, 0.5) is 0 Å². The lowest BCUT2D eigenvalue weighted by atomic mass is 9.98. The van der Waals surface area contributed by atoms with Crippen LogP contribution in [-0.2, 0) is 9.53 Å². The molecule has 2 bridgehead atoms. The number of carbonyl (C=O) groups excluding carboxylic acids is 1. The van der Waals surface area contributed by atoms with Gasteiger partial charge in [-0.05, 0) is 32.6 Å². The average Bonchev–Trinajstić information content (AvgIpc) is 2.52. The molecule has 0 aliphatic carbocycles. The maximum atomic E-state index is 11.6. The molecule has 4 nitrogen and oxygen atoms in total. The zero-order valence-electron chi connectivity index (χ0n) is 10.8. The van der Waals surface area contributed by atoms with Crippen LogP contribution in [0.5, 0.6) is 0 Å². The molecule has 2 rings (SSSR count). The summed E-state index contributed by atoms with van der Waals surface area (Å²) in [6.45, 7) is 5.00. The van der Waals surface area contributed by atoms with Crippen molar-refractivity contribution in [3.05, 3.63) is 0 Å². The molecule has 2 heterocycles. The Morgan fingerprint density at radius 2 is 2.00 bits per heavy atom. The second-order valence-corrected chi connectivity index (χ2v) is 5.36. The van der Waals surface area contributed by atoms with E-state index in [4.69, 9.17) is 4.74 Å². The number of aliphatic hydroxyl groups is 1. The van der Waals surface area contributed by atoms with Crippen LogP contribution in [0.1, 0.15) is 39.5 Å². The summed E-state index contributed by atoms with van der Waals surface area (Å²) in [7, 11) is 0. The van der Waals surface area contributed by atoms with Crippen LogP contribution >= 0.6 is 0 Å². The summed E-state index contributed by atoms with van der Waals surface area (Å²) in [5.74, 6) is -0.161. The third kappa shape index (κ3) is 2.80. The SMILES string of the molecule is CCOC(=O)[C@@H](C)CN1[C@H]2CC[C@H]1CC(O)C2. The van der Waals surface area contributed by atoms with Gasteiger partial charge in [0.2, 0.25) is 0 Å². The topological polar surface area (TPSA) is 49.8 Å². The van der Waals surface area contributed by atoms with Crippen molar-refractivity contribution in [2.24, 2.45) is 5.92 Å². The maximum absolute atomic E-state index is 11.6. The molecule has 0 aromatic rings. The number of nitrogens with zero attached hydrogens (tertiary/aromatic N) is 1. The Morgan fingerprint density at radius 3 is 2.53 bits per heavy atom. The Kier molecular flexibility index (Phi) is 4.05. The van der Waals surface area contributed by atoms with Crippen LogP contribution in [0.3, 0.4) is 0 Å². The van der Waals surface area contributed by atoms with Gasteiger partial charge in [-0.15, -0.1) is 0 Å². The van der Waals surface area contributed by atoms with E-state index in [1.807, 2.05) is 13.8 Å². The molecule has 0 aromatic heterocycles. The van der Waals surface area contributed by atoms with Gasteiger partial charge in [0.15, 0.2) is 0 Å². The van der Waals surface area contributed by atoms with E-state index < -0.39 is 0 Å². The van der Waals surface area contributed by atoms with Crippen LogP contribution in [-0.4, -0.2) is 47.3 Å². The van der Waals surface area contributed by atoms with E-state index in [-0.39, 0.29) is 18.0 Å². The minimum absolute atomic E-state index is 0.0618. The third-order valence-electron chi connectivity index (χ3n) is 4.03. The molecular weight excluding hydrogens is 218 g/mol. The summed E-state index contributed by atoms with van der Waals surface area (Å²) in [6.07, 6.45) is 3.92. The second-order valence-electron chi connectivity index (χ2n) is 5.36. The first-order valence-corrected chi connectivity index (χ1v) is 6.72. The molecular formula is C13H23NO3. The number of hydrogen-bond acceptors (Lipinski definition) is 4. The normalized spacial score (nSPS) is 34.6. The summed E-state index contributed by atoms with van der Waals surface area (Å²) in [6, 6.07) is 0.946. The molecule has 0 radical (unpaired) electrons. The van der Waals surface area contributed by atoms with Gasteiger partial charge >= 0.3 is 5.97 Å². The molecule has 1 N–H and O–H groups in total. The van der Waals surface area contributed by atoms with E-state index in [1.54, 1.807) is 0 Å². The average molecular weight is 241 g/mol. The van der Waals surface area contributed by atoms with E-state index >= 15 is 0 Å². The van der Waals surface area contributed by atoms with Gasteiger partial charge in [0, 0.05) is 18.6 Å². The standard InChI is InChI=1S/C13H23NO3/c1-3-17-13(16)9(2)8-14-10-4-5-11(14)7-12(15)6-10/h9-12,15H,3-8H2,1-2H3/t9-,10-,11-/m0/s1. The van der Waals surface area contributed by atoms with E-state index in [0.717, 1.165) is 32.2 Å². The number of fused-ring (bicyclic) bond motifs is 2. The van der Waals surface area contributed by atoms with Gasteiger partial charge in [0.05, 0.1) is 18.6 Å². The summed E-state index contributed by atoms with van der Waals surface area (Å²) in [5, 5.41) is 9.72. The number of ether oxygens (including phenoxy) is 1. The Morgan fingerprint density at radius 1 is 1.41 bits per heavy atom. The lowest BCUT2D eigenvalue weighted by Crippen LogP contribution is -2.47. The number of carbonyl (C=O) groups is 1. The fourth-order valence-corrected chi connectivity index (χ4v) is 3.22. The fourth-order valence-electron chi connectivity index (χ4n) is 3.22. The summed E-state index contributed by atoms with van der Waals surface area (Å²) in [4.78, 5) is 14.0. The third-order valence-corrected chi connectivity index (χ3v) is 4.03. The highest BCUT2D eigenvalue weighted by atomic mass is 16.5. The van der Waals surface area contributed by atoms with Gasteiger partial charge < -0.3 is 9.84 Å². The first kappa shape index (κ1) is 12.8. The Hall–Kier alpha value is -0.610. The molecule has 0 aromatic carbocycles.